The number of hydrogen-bond acceptors (Lipinski definition) is 3. The first-order valence-electron chi connectivity index (χ1n) is 7.96. The number of unbranched alkanes of at least 4 members (excludes halogenated alkanes) is 1. The van der Waals surface area contributed by atoms with Crippen molar-refractivity contribution in [3.05, 3.63) is 51.4 Å². The Morgan fingerprint density at radius 3 is 2.92 bits per heavy atom. The molecule has 1 N–H and O–H groups in total. The first kappa shape index (κ1) is 17.0. The lowest BCUT2D eigenvalue weighted by atomic mass is 10.1. The number of halogens is 1. The molecule has 0 aliphatic heterocycles. The predicted molar refractivity (Wildman–Crippen MR) is 98.5 cm³/mol. The summed E-state index contributed by atoms with van der Waals surface area (Å²) in [7, 11) is 0. The van der Waals surface area contributed by atoms with Crippen LogP contribution >= 0.6 is 22.9 Å². The number of fused-ring (bicyclic) bond motifs is 1. The SMILES string of the molecule is CCCCc1nc(Cl)c(C(=O)O)n1Cc1csc2ccc(C)cc12. The van der Waals surface area contributed by atoms with E-state index in [1.54, 1.807) is 15.9 Å². The third-order valence-corrected chi connectivity index (χ3v) is 5.37. The number of benzene rings is 1. The number of rotatable bonds is 6. The molecule has 0 aliphatic carbocycles. The van der Waals surface area contributed by atoms with Crippen molar-refractivity contribution in [1.29, 1.82) is 0 Å². The van der Waals surface area contributed by atoms with Gasteiger partial charge in [0, 0.05) is 11.1 Å². The van der Waals surface area contributed by atoms with Crippen LogP contribution < -0.4 is 0 Å². The number of thiophene rings is 1. The number of nitrogens with zero attached hydrogens (tertiary/aromatic N) is 2. The Hall–Kier alpha value is -1.85. The van der Waals surface area contributed by atoms with Crippen LogP contribution in [0, 0.1) is 6.92 Å². The highest BCUT2D eigenvalue weighted by atomic mass is 35.5. The number of carboxylic acids is 1. The molecular weight excluding hydrogens is 344 g/mol. The first-order chi connectivity index (χ1) is 11.5. The molecule has 2 aromatic heterocycles. The van der Waals surface area contributed by atoms with Gasteiger partial charge in [0.1, 0.15) is 5.82 Å². The van der Waals surface area contributed by atoms with Gasteiger partial charge in [0.2, 0.25) is 0 Å². The van der Waals surface area contributed by atoms with Crippen molar-refractivity contribution in [3.63, 3.8) is 0 Å². The van der Waals surface area contributed by atoms with Gasteiger partial charge < -0.3 is 9.67 Å². The van der Waals surface area contributed by atoms with E-state index in [2.05, 4.69) is 42.4 Å². The normalized spacial score (nSPS) is 11.3. The van der Waals surface area contributed by atoms with Crippen molar-refractivity contribution in [2.75, 3.05) is 0 Å². The van der Waals surface area contributed by atoms with Crippen LogP contribution in [0.1, 0.15) is 47.2 Å². The maximum atomic E-state index is 11.6. The van der Waals surface area contributed by atoms with Crippen LogP contribution in [0.5, 0.6) is 0 Å². The summed E-state index contributed by atoms with van der Waals surface area (Å²) in [5.41, 5.74) is 2.37. The summed E-state index contributed by atoms with van der Waals surface area (Å²) in [6.45, 7) is 4.64. The number of imidazole rings is 1. The number of aromatic nitrogens is 2. The zero-order valence-corrected chi connectivity index (χ0v) is 15.2. The van der Waals surface area contributed by atoms with Gasteiger partial charge >= 0.3 is 5.97 Å². The molecule has 0 atom stereocenters. The van der Waals surface area contributed by atoms with Crippen molar-refractivity contribution >= 4 is 39.0 Å². The monoisotopic (exact) mass is 362 g/mol. The summed E-state index contributed by atoms with van der Waals surface area (Å²) >= 11 is 7.77. The minimum absolute atomic E-state index is 0.0734. The highest BCUT2D eigenvalue weighted by molar-refractivity contribution is 7.17. The lowest BCUT2D eigenvalue weighted by molar-refractivity contribution is 0.0685. The van der Waals surface area contributed by atoms with E-state index in [4.69, 9.17) is 11.6 Å². The lowest BCUT2D eigenvalue weighted by Gasteiger charge is -2.10. The van der Waals surface area contributed by atoms with Crippen molar-refractivity contribution < 1.29 is 9.90 Å². The van der Waals surface area contributed by atoms with E-state index in [0.717, 1.165) is 30.7 Å². The summed E-state index contributed by atoms with van der Waals surface area (Å²) in [6.07, 6.45) is 2.70. The van der Waals surface area contributed by atoms with Gasteiger partial charge in [0.15, 0.2) is 10.8 Å². The van der Waals surface area contributed by atoms with Crippen molar-refractivity contribution in [1.82, 2.24) is 9.55 Å². The van der Waals surface area contributed by atoms with Crippen LogP contribution in [-0.2, 0) is 13.0 Å². The number of aryl methyl sites for hydroxylation is 2. The Kier molecular flexibility index (Phi) is 4.92. The molecule has 6 heteroatoms. The molecule has 3 rings (SSSR count). The Balaban J connectivity index is 2.06. The van der Waals surface area contributed by atoms with E-state index < -0.39 is 5.97 Å². The van der Waals surface area contributed by atoms with Gasteiger partial charge in [-0.1, -0.05) is 42.6 Å². The van der Waals surface area contributed by atoms with Crippen molar-refractivity contribution in [2.24, 2.45) is 0 Å². The quantitative estimate of drug-likeness (QED) is 0.659. The number of carboxylic acid groups (broad SMARTS) is 1. The summed E-state index contributed by atoms with van der Waals surface area (Å²) < 4.78 is 2.96. The molecule has 0 bridgehead atoms. The Morgan fingerprint density at radius 1 is 1.42 bits per heavy atom. The molecule has 126 valence electrons. The van der Waals surface area contributed by atoms with E-state index >= 15 is 0 Å². The van der Waals surface area contributed by atoms with Gasteiger partial charge in [0.25, 0.3) is 0 Å². The van der Waals surface area contributed by atoms with E-state index in [0.29, 0.717) is 6.54 Å². The maximum absolute atomic E-state index is 11.6. The molecule has 1 aromatic carbocycles. The third kappa shape index (κ3) is 3.19. The zero-order valence-electron chi connectivity index (χ0n) is 13.7. The predicted octanol–water partition coefficient (Wildman–Crippen LogP) is 5.15. The molecule has 0 saturated carbocycles. The summed E-state index contributed by atoms with van der Waals surface area (Å²) in [5, 5.41) is 12.9. The molecule has 0 radical (unpaired) electrons. The summed E-state index contributed by atoms with van der Waals surface area (Å²) in [6, 6.07) is 6.34. The fraction of sp³-hybridized carbons (Fsp3) is 0.333. The largest absolute Gasteiger partial charge is 0.476 e. The van der Waals surface area contributed by atoms with Crippen LogP contribution in [0.3, 0.4) is 0 Å². The molecule has 0 amide bonds. The summed E-state index contributed by atoms with van der Waals surface area (Å²) in [5.74, 6) is -0.294. The average Bonchev–Trinajstić information content (AvgIpc) is 3.06. The average molecular weight is 363 g/mol. The van der Waals surface area contributed by atoms with E-state index in [9.17, 15) is 9.90 Å². The van der Waals surface area contributed by atoms with Crippen LogP contribution in [0.4, 0.5) is 0 Å². The van der Waals surface area contributed by atoms with E-state index in [-0.39, 0.29) is 10.8 Å². The lowest BCUT2D eigenvalue weighted by Crippen LogP contribution is -2.12. The third-order valence-electron chi connectivity index (χ3n) is 4.10. The van der Waals surface area contributed by atoms with Crippen molar-refractivity contribution in [3.8, 4) is 0 Å². The van der Waals surface area contributed by atoms with E-state index in [1.165, 1.54) is 15.6 Å². The smallest absolute Gasteiger partial charge is 0.355 e. The molecule has 4 nitrogen and oxygen atoms in total. The Bertz CT molecular complexity index is 898. The van der Waals surface area contributed by atoms with Gasteiger partial charge in [-0.25, -0.2) is 9.78 Å². The molecule has 2 heterocycles. The van der Waals surface area contributed by atoms with Gasteiger partial charge in [-0.05, 0) is 35.7 Å². The zero-order chi connectivity index (χ0) is 17.3. The molecular formula is C18H19ClN2O2S. The molecule has 24 heavy (non-hydrogen) atoms. The molecule has 0 fully saturated rings. The molecule has 0 unspecified atom stereocenters. The molecule has 0 aliphatic rings. The minimum atomic E-state index is -1.04. The molecule has 3 aromatic rings. The second kappa shape index (κ2) is 6.95. The van der Waals surface area contributed by atoms with Crippen molar-refractivity contribution in [2.45, 2.75) is 39.7 Å². The number of carbonyl (C=O) groups is 1. The van der Waals surface area contributed by atoms with Crippen LogP contribution in [0.25, 0.3) is 10.1 Å². The second-order valence-corrected chi connectivity index (χ2v) is 7.19. The van der Waals surface area contributed by atoms with Crippen LogP contribution in [0.2, 0.25) is 5.15 Å². The van der Waals surface area contributed by atoms with Crippen LogP contribution in [0.15, 0.2) is 23.6 Å². The second-order valence-electron chi connectivity index (χ2n) is 5.92. The summed E-state index contributed by atoms with van der Waals surface area (Å²) in [4.78, 5) is 15.9. The maximum Gasteiger partial charge on any atom is 0.355 e. The molecule has 0 spiro atoms. The van der Waals surface area contributed by atoms with Crippen LogP contribution in [-0.4, -0.2) is 20.6 Å². The highest BCUT2D eigenvalue weighted by Gasteiger charge is 2.22. The van der Waals surface area contributed by atoms with Gasteiger partial charge in [-0.2, -0.15) is 0 Å². The Labute approximate surface area is 149 Å². The standard InChI is InChI=1S/C18H19ClN2O2S/c1-3-4-5-15-20-17(19)16(18(22)23)21(15)9-12-10-24-14-7-6-11(2)8-13(12)14/h6-8,10H,3-5,9H2,1-2H3,(H,22,23). The number of aromatic carboxylic acids is 1. The fourth-order valence-electron chi connectivity index (χ4n) is 2.86. The number of hydrogen-bond donors (Lipinski definition) is 1. The van der Waals surface area contributed by atoms with Gasteiger partial charge in [0.05, 0.1) is 6.54 Å². The van der Waals surface area contributed by atoms with Gasteiger partial charge in [-0.15, -0.1) is 11.3 Å². The highest BCUT2D eigenvalue weighted by Crippen LogP contribution is 2.29. The molecule has 0 saturated heterocycles. The van der Waals surface area contributed by atoms with E-state index in [1.807, 2.05) is 0 Å². The topological polar surface area (TPSA) is 55.1 Å². The fourth-order valence-corrected chi connectivity index (χ4v) is 4.07. The first-order valence-corrected chi connectivity index (χ1v) is 9.22. The minimum Gasteiger partial charge on any atom is -0.476 e. The van der Waals surface area contributed by atoms with Gasteiger partial charge in [-0.3, -0.25) is 0 Å². The Morgan fingerprint density at radius 2 is 2.21 bits per heavy atom.